The molecule has 0 aliphatic rings. The maximum Gasteiger partial charge on any atom is 0.253 e. The van der Waals surface area contributed by atoms with Crippen LogP contribution in [-0.2, 0) is 4.79 Å². The summed E-state index contributed by atoms with van der Waals surface area (Å²) in [5.41, 5.74) is 0.536. The molecule has 0 aliphatic heterocycles. The Balaban J connectivity index is 1.87. The van der Waals surface area contributed by atoms with E-state index < -0.39 is 18.1 Å². The lowest BCUT2D eigenvalue weighted by molar-refractivity contribution is -0.130. The van der Waals surface area contributed by atoms with Crippen LogP contribution in [0.3, 0.4) is 0 Å². The molecular formula is C16H19NO4. The van der Waals surface area contributed by atoms with Crippen molar-refractivity contribution in [1.82, 2.24) is 5.32 Å². The van der Waals surface area contributed by atoms with Crippen LogP contribution in [0.4, 0.5) is 0 Å². The summed E-state index contributed by atoms with van der Waals surface area (Å²) >= 11 is 0. The Morgan fingerprint density at radius 2 is 1.90 bits per heavy atom. The number of furan rings is 1. The van der Waals surface area contributed by atoms with Gasteiger partial charge in [-0.2, -0.15) is 0 Å². The molecule has 2 rings (SSSR count). The van der Waals surface area contributed by atoms with Gasteiger partial charge in [-0.3, -0.25) is 4.79 Å². The van der Waals surface area contributed by atoms with Gasteiger partial charge >= 0.3 is 0 Å². The normalized spacial score (nSPS) is 15.2. The van der Waals surface area contributed by atoms with Gasteiger partial charge in [0.2, 0.25) is 0 Å². The predicted molar refractivity (Wildman–Crippen MR) is 77.3 cm³/mol. The van der Waals surface area contributed by atoms with E-state index in [1.54, 1.807) is 43.3 Å². The second kappa shape index (κ2) is 7.06. The van der Waals surface area contributed by atoms with Crippen LogP contribution in [0.15, 0.2) is 53.1 Å². The molecule has 5 nitrogen and oxygen atoms in total. The first-order valence-electron chi connectivity index (χ1n) is 6.82. The molecular weight excluding hydrogens is 270 g/mol. The van der Waals surface area contributed by atoms with E-state index in [0.717, 1.165) is 0 Å². The van der Waals surface area contributed by atoms with Crippen LogP contribution in [-0.4, -0.2) is 22.2 Å². The van der Waals surface area contributed by atoms with Crippen LogP contribution < -0.4 is 5.32 Å². The number of carbonyl (C=O) groups is 1. The van der Waals surface area contributed by atoms with Gasteiger partial charge in [-0.25, -0.2) is 0 Å². The molecule has 0 saturated carbocycles. The van der Waals surface area contributed by atoms with Crippen molar-refractivity contribution >= 4 is 5.91 Å². The molecule has 3 N–H and O–H groups in total. The van der Waals surface area contributed by atoms with Crippen molar-refractivity contribution in [2.45, 2.75) is 31.6 Å². The third-order valence-corrected chi connectivity index (χ3v) is 3.20. The number of nitrogens with one attached hydrogen (secondary N) is 1. The third kappa shape index (κ3) is 4.18. The number of benzene rings is 1. The highest BCUT2D eigenvalue weighted by atomic mass is 16.4. The molecule has 0 spiro atoms. The van der Waals surface area contributed by atoms with Gasteiger partial charge in [0, 0.05) is 12.5 Å². The molecule has 21 heavy (non-hydrogen) atoms. The van der Waals surface area contributed by atoms with E-state index in [4.69, 9.17) is 4.42 Å². The van der Waals surface area contributed by atoms with Gasteiger partial charge in [-0.1, -0.05) is 30.3 Å². The Labute approximate surface area is 123 Å². The second-order valence-electron chi connectivity index (χ2n) is 4.99. The van der Waals surface area contributed by atoms with Crippen molar-refractivity contribution in [3.63, 3.8) is 0 Å². The Morgan fingerprint density at radius 3 is 2.52 bits per heavy atom. The summed E-state index contributed by atoms with van der Waals surface area (Å²) in [6, 6.07) is 11.8. The first kappa shape index (κ1) is 15.3. The first-order chi connectivity index (χ1) is 10.1. The van der Waals surface area contributed by atoms with Gasteiger partial charge in [-0.05, 0) is 24.6 Å². The zero-order chi connectivity index (χ0) is 15.2. The average molecular weight is 289 g/mol. The zero-order valence-corrected chi connectivity index (χ0v) is 11.8. The zero-order valence-electron chi connectivity index (χ0n) is 11.8. The number of aliphatic hydroxyl groups excluding tert-OH is 2. The highest BCUT2D eigenvalue weighted by Gasteiger charge is 2.21. The number of hydrogen-bond donors (Lipinski definition) is 3. The monoisotopic (exact) mass is 289 g/mol. The minimum atomic E-state index is -1.21. The number of aliphatic hydroxyl groups is 2. The maximum atomic E-state index is 12.0. The van der Waals surface area contributed by atoms with Gasteiger partial charge in [-0.15, -0.1) is 0 Å². The minimum absolute atomic E-state index is 0.295. The van der Waals surface area contributed by atoms with Crippen molar-refractivity contribution in [2.75, 3.05) is 0 Å². The van der Waals surface area contributed by atoms with Gasteiger partial charge in [0.15, 0.2) is 6.10 Å². The largest absolute Gasteiger partial charge is 0.467 e. The number of carbonyl (C=O) groups excluding carboxylic acids is 1. The summed E-state index contributed by atoms with van der Waals surface area (Å²) in [4.78, 5) is 12.0. The predicted octanol–water partition coefficient (Wildman–Crippen LogP) is 1.94. The second-order valence-corrected chi connectivity index (χ2v) is 4.99. The number of amides is 1. The molecule has 1 aromatic heterocycles. The topological polar surface area (TPSA) is 82.7 Å². The van der Waals surface area contributed by atoms with E-state index in [9.17, 15) is 15.0 Å². The maximum absolute atomic E-state index is 12.0. The summed E-state index contributed by atoms with van der Waals surface area (Å²) in [5, 5.41) is 22.6. The smallest absolute Gasteiger partial charge is 0.253 e. The van der Waals surface area contributed by atoms with Crippen LogP contribution in [0.1, 0.15) is 36.9 Å². The third-order valence-electron chi connectivity index (χ3n) is 3.20. The Kier molecular flexibility index (Phi) is 5.14. The van der Waals surface area contributed by atoms with Gasteiger partial charge < -0.3 is 19.9 Å². The molecule has 1 amide bonds. The molecule has 0 radical (unpaired) electrons. The molecule has 1 heterocycles. The molecule has 1 aromatic carbocycles. The van der Waals surface area contributed by atoms with Crippen LogP contribution in [0.2, 0.25) is 0 Å². The van der Waals surface area contributed by atoms with E-state index in [2.05, 4.69) is 5.32 Å². The molecule has 112 valence electrons. The van der Waals surface area contributed by atoms with E-state index in [0.29, 0.717) is 17.7 Å². The summed E-state index contributed by atoms with van der Waals surface area (Å²) in [6.07, 6.45) is -0.208. The molecule has 5 heteroatoms. The highest BCUT2D eigenvalue weighted by Crippen LogP contribution is 2.19. The fraction of sp³-hybridized carbons (Fsp3) is 0.312. The molecule has 0 aliphatic carbocycles. The first-order valence-corrected chi connectivity index (χ1v) is 6.82. The minimum Gasteiger partial charge on any atom is -0.467 e. The molecule has 0 unspecified atom stereocenters. The molecule has 2 aromatic rings. The average Bonchev–Trinajstić information content (AvgIpc) is 3.01. The molecule has 3 atom stereocenters. The summed E-state index contributed by atoms with van der Waals surface area (Å²) < 4.78 is 5.11. The summed E-state index contributed by atoms with van der Waals surface area (Å²) in [7, 11) is 0. The van der Waals surface area contributed by atoms with Crippen molar-refractivity contribution < 1.29 is 19.4 Å². The van der Waals surface area contributed by atoms with Crippen molar-refractivity contribution in [1.29, 1.82) is 0 Å². The Bertz CT molecular complexity index is 553. The van der Waals surface area contributed by atoms with Gasteiger partial charge in [0.25, 0.3) is 5.91 Å². The lowest BCUT2D eigenvalue weighted by Crippen LogP contribution is -2.37. The van der Waals surface area contributed by atoms with Crippen molar-refractivity contribution in [3.05, 3.63) is 60.1 Å². The van der Waals surface area contributed by atoms with Gasteiger partial charge in [0.1, 0.15) is 11.9 Å². The van der Waals surface area contributed by atoms with Crippen LogP contribution >= 0.6 is 0 Å². The van der Waals surface area contributed by atoms with Crippen molar-refractivity contribution in [2.24, 2.45) is 0 Å². The lowest BCUT2D eigenvalue weighted by Gasteiger charge is -2.19. The number of hydrogen-bond acceptors (Lipinski definition) is 4. The Morgan fingerprint density at radius 1 is 1.19 bits per heavy atom. The van der Waals surface area contributed by atoms with E-state index >= 15 is 0 Å². The van der Waals surface area contributed by atoms with Crippen LogP contribution in [0.25, 0.3) is 0 Å². The quantitative estimate of drug-likeness (QED) is 0.759. The fourth-order valence-corrected chi connectivity index (χ4v) is 2.10. The van der Waals surface area contributed by atoms with Crippen LogP contribution in [0, 0.1) is 0 Å². The molecule has 0 bridgehead atoms. The van der Waals surface area contributed by atoms with Gasteiger partial charge in [0.05, 0.1) is 6.26 Å². The summed E-state index contributed by atoms with van der Waals surface area (Å²) in [5.74, 6) is -0.0277. The van der Waals surface area contributed by atoms with Crippen LogP contribution in [0.5, 0.6) is 0 Å². The molecule has 0 fully saturated rings. The highest BCUT2D eigenvalue weighted by molar-refractivity contribution is 5.82. The number of rotatable bonds is 6. The standard InChI is InChI=1S/C16H19NO4/c1-11(10-13(18)14-8-5-9-21-14)17-16(20)15(19)12-6-3-2-4-7-12/h2-9,11,13,15,18-19H,10H2,1H3,(H,17,20)/t11-,13+,15-/m1/s1. The Hall–Kier alpha value is -2.11. The molecule has 0 saturated heterocycles. The SMILES string of the molecule is C[C@H](C[C@H](O)c1ccco1)NC(=O)[C@H](O)c1ccccc1. The van der Waals surface area contributed by atoms with E-state index in [1.807, 2.05) is 6.07 Å². The van der Waals surface area contributed by atoms with E-state index in [-0.39, 0.29) is 6.04 Å². The van der Waals surface area contributed by atoms with Crippen molar-refractivity contribution in [3.8, 4) is 0 Å². The summed E-state index contributed by atoms with van der Waals surface area (Å²) in [6.45, 7) is 1.77. The lowest BCUT2D eigenvalue weighted by atomic mass is 10.1. The van der Waals surface area contributed by atoms with E-state index in [1.165, 1.54) is 6.26 Å². The fourth-order valence-electron chi connectivity index (χ4n) is 2.10.